The number of benzene rings is 1. The summed E-state index contributed by atoms with van der Waals surface area (Å²) in [5.41, 5.74) is 0.410. The number of nitrogens with one attached hydrogen (secondary N) is 1. The van der Waals surface area contributed by atoms with E-state index in [1.807, 2.05) is 0 Å². The molecule has 1 aromatic rings. The van der Waals surface area contributed by atoms with Crippen LogP contribution in [-0.2, 0) is 4.74 Å². The van der Waals surface area contributed by atoms with Crippen LogP contribution >= 0.6 is 0 Å². The molecule has 0 heterocycles. The molecule has 0 bridgehead atoms. The van der Waals surface area contributed by atoms with E-state index >= 15 is 0 Å². The van der Waals surface area contributed by atoms with Crippen LogP contribution in [0.15, 0.2) is 18.2 Å². The smallest absolute Gasteiger partial charge is 0.337 e. The number of methoxy groups -OCH3 is 1. The molecule has 0 aliphatic heterocycles. The largest absolute Gasteiger partial charge is 0.629 e. The summed E-state index contributed by atoms with van der Waals surface area (Å²) < 4.78 is 4.46. The van der Waals surface area contributed by atoms with Crippen LogP contribution in [0.25, 0.3) is 0 Å². The van der Waals surface area contributed by atoms with E-state index in [9.17, 15) is 15.1 Å². The second-order valence-electron chi connectivity index (χ2n) is 2.78. The summed E-state index contributed by atoms with van der Waals surface area (Å²) in [6.45, 7) is 0. The van der Waals surface area contributed by atoms with Crippen molar-refractivity contribution in [2.75, 3.05) is 14.2 Å². The molecule has 0 aliphatic rings. The van der Waals surface area contributed by atoms with Gasteiger partial charge in [0.2, 0.25) is 0 Å². The Bertz CT molecular complexity index is 349. The number of ether oxygens (including phenoxy) is 1. The average molecular weight is 197 g/mol. The number of carbonyl (C=O) groups excluding carboxylic acids is 1. The molecular formula is C9H11NO4. The Balaban J connectivity index is 3.06. The lowest BCUT2D eigenvalue weighted by Crippen LogP contribution is -2.98. The quantitative estimate of drug-likeness (QED) is 0.392. The van der Waals surface area contributed by atoms with Crippen molar-refractivity contribution in [2.45, 2.75) is 0 Å². The number of carbonyl (C=O) groups is 1. The average Bonchev–Trinajstić information content (AvgIpc) is 2.15. The van der Waals surface area contributed by atoms with Gasteiger partial charge in [-0.3, -0.25) is 0 Å². The van der Waals surface area contributed by atoms with Gasteiger partial charge in [-0.2, -0.15) is 0 Å². The lowest BCUT2D eigenvalue weighted by molar-refractivity contribution is -0.751. The molecule has 1 unspecified atom stereocenters. The number of hydrogen-bond acceptors (Lipinski definition) is 4. The standard InChI is InChI=1S/C9H11NO4/c1-10(13)7-4-3-6(5-8(7)11)9(12)14-2/h3-5,10-11H,1-2H3. The van der Waals surface area contributed by atoms with Crippen LogP contribution in [0.3, 0.4) is 0 Å². The summed E-state index contributed by atoms with van der Waals surface area (Å²) in [4.78, 5) is 11.0. The first kappa shape index (κ1) is 10.5. The minimum Gasteiger partial charge on any atom is -0.629 e. The summed E-state index contributed by atoms with van der Waals surface area (Å²) in [5, 5.41) is 20.1. The second-order valence-corrected chi connectivity index (χ2v) is 2.78. The number of aromatic hydroxyl groups is 1. The SMILES string of the molecule is COC(=O)c1ccc([NH+](C)[O-])c(O)c1. The fourth-order valence-corrected chi connectivity index (χ4v) is 1.07. The zero-order valence-electron chi connectivity index (χ0n) is 7.90. The molecule has 0 fully saturated rings. The van der Waals surface area contributed by atoms with E-state index in [-0.39, 0.29) is 22.1 Å². The van der Waals surface area contributed by atoms with Crippen molar-refractivity contribution in [3.8, 4) is 5.75 Å². The third-order valence-corrected chi connectivity index (χ3v) is 1.80. The minimum atomic E-state index is -0.546. The highest BCUT2D eigenvalue weighted by Gasteiger charge is 2.11. The Morgan fingerprint density at radius 3 is 2.64 bits per heavy atom. The van der Waals surface area contributed by atoms with Crippen molar-refractivity contribution in [3.05, 3.63) is 29.0 Å². The molecule has 0 saturated carbocycles. The number of esters is 1. The number of hydroxylamine groups is 1. The third-order valence-electron chi connectivity index (χ3n) is 1.80. The molecule has 1 atom stereocenters. The summed E-state index contributed by atoms with van der Waals surface area (Å²) >= 11 is 0. The lowest BCUT2D eigenvalue weighted by atomic mass is 10.2. The first-order valence-electron chi connectivity index (χ1n) is 3.98. The van der Waals surface area contributed by atoms with Gasteiger partial charge < -0.3 is 20.1 Å². The summed E-state index contributed by atoms with van der Waals surface area (Å²) in [6.07, 6.45) is 0. The van der Waals surface area contributed by atoms with Crippen LogP contribution in [0.2, 0.25) is 0 Å². The predicted molar refractivity (Wildman–Crippen MR) is 49.4 cm³/mol. The molecule has 0 aromatic heterocycles. The Hall–Kier alpha value is -1.59. The monoisotopic (exact) mass is 197 g/mol. The molecule has 1 aromatic carbocycles. The Morgan fingerprint density at radius 2 is 2.21 bits per heavy atom. The van der Waals surface area contributed by atoms with Crippen molar-refractivity contribution in [1.29, 1.82) is 0 Å². The van der Waals surface area contributed by atoms with Crippen LogP contribution in [0, 0.1) is 5.21 Å². The lowest BCUT2D eigenvalue weighted by Gasteiger charge is -2.16. The Kier molecular flexibility index (Phi) is 3.06. The zero-order valence-corrected chi connectivity index (χ0v) is 7.90. The number of quaternary nitrogens is 1. The van der Waals surface area contributed by atoms with Crippen molar-refractivity contribution >= 4 is 11.7 Å². The molecule has 76 valence electrons. The van der Waals surface area contributed by atoms with E-state index in [4.69, 9.17) is 0 Å². The van der Waals surface area contributed by atoms with Gasteiger partial charge in [0.25, 0.3) is 0 Å². The van der Waals surface area contributed by atoms with E-state index in [1.165, 1.54) is 32.4 Å². The van der Waals surface area contributed by atoms with Gasteiger partial charge in [-0.05, 0) is 6.07 Å². The molecule has 5 nitrogen and oxygen atoms in total. The molecule has 0 saturated heterocycles. The number of phenols is 1. The minimum absolute atomic E-state index is 0.192. The maximum Gasteiger partial charge on any atom is 0.337 e. The highest BCUT2D eigenvalue weighted by Crippen LogP contribution is 2.20. The van der Waals surface area contributed by atoms with E-state index in [0.29, 0.717) is 0 Å². The maximum atomic E-state index is 11.0. The van der Waals surface area contributed by atoms with Crippen molar-refractivity contribution in [2.24, 2.45) is 0 Å². The van der Waals surface area contributed by atoms with Gasteiger partial charge in [0.15, 0.2) is 11.4 Å². The van der Waals surface area contributed by atoms with Gasteiger partial charge in [0.1, 0.15) is 0 Å². The van der Waals surface area contributed by atoms with E-state index in [1.54, 1.807) is 0 Å². The highest BCUT2D eigenvalue weighted by molar-refractivity contribution is 5.90. The third kappa shape index (κ3) is 2.01. The molecule has 0 spiro atoms. The van der Waals surface area contributed by atoms with Crippen LogP contribution < -0.4 is 5.06 Å². The summed E-state index contributed by atoms with van der Waals surface area (Å²) in [6, 6.07) is 4.04. The molecule has 14 heavy (non-hydrogen) atoms. The molecule has 2 N–H and O–H groups in total. The van der Waals surface area contributed by atoms with Gasteiger partial charge in [-0.15, -0.1) is 0 Å². The van der Waals surface area contributed by atoms with Gasteiger partial charge in [0.05, 0.1) is 19.7 Å². The van der Waals surface area contributed by atoms with Crippen LogP contribution in [-0.4, -0.2) is 25.2 Å². The fraction of sp³-hybridized carbons (Fsp3) is 0.222. The van der Waals surface area contributed by atoms with Gasteiger partial charge >= 0.3 is 5.97 Å². The van der Waals surface area contributed by atoms with Crippen molar-refractivity contribution in [3.63, 3.8) is 0 Å². The first-order valence-corrected chi connectivity index (χ1v) is 3.98. The number of hydrogen-bond donors (Lipinski definition) is 2. The second kappa shape index (κ2) is 4.08. The van der Waals surface area contributed by atoms with Crippen LogP contribution in [0.4, 0.5) is 5.69 Å². The predicted octanol–water partition coefficient (Wildman–Crippen LogP) is -0.177. The summed E-state index contributed by atoms with van der Waals surface area (Å²) in [5.74, 6) is -0.754. The van der Waals surface area contributed by atoms with Crippen LogP contribution in [0.5, 0.6) is 5.75 Å². The topological polar surface area (TPSA) is 74.0 Å². The van der Waals surface area contributed by atoms with E-state index < -0.39 is 5.97 Å². The highest BCUT2D eigenvalue weighted by atomic mass is 16.5. The van der Waals surface area contributed by atoms with Crippen molar-refractivity contribution < 1.29 is 19.7 Å². The van der Waals surface area contributed by atoms with Gasteiger partial charge in [-0.1, -0.05) is 0 Å². The Labute approximate surface area is 81.1 Å². The first-order chi connectivity index (χ1) is 6.56. The van der Waals surface area contributed by atoms with E-state index in [2.05, 4.69) is 4.74 Å². The normalized spacial score (nSPS) is 12.2. The van der Waals surface area contributed by atoms with Crippen molar-refractivity contribution in [1.82, 2.24) is 0 Å². The van der Waals surface area contributed by atoms with Gasteiger partial charge in [-0.25, -0.2) is 4.79 Å². The molecular weight excluding hydrogens is 186 g/mol. The Morgan fingerprint density at radius 1 is 1.57 bits per heavy atom. The maximum absolute atomic E-state index is 11.0. The summed E-state index contributed by atoms with van der Waals surface area (Å²) in [7, 11) is 2.59. The molecule has 0 amide bonds. The zero-order chi connectivity index (χ0) is 10.7. The molecule has 0 radical (unpaired) electrons. The molecule has 5 heteroatoms. The fourth-order valence-electron chi connectivity index (χ4n) is 1.07. The number of phenolic OH excluding ortho intramolecular Hbond substituents is 1. The number of rotatable bonds is 2. The van der Waals surface area contributed by atoms with Crippen LogP contribution in [0.1, 0.15) is 10.4 Å². The molecule has 0 aliphatic carbocycles. The van der Waals surface area contributed by atoms with E-state index in [0.717, 1.165) is 0 Å². The van der Waals surface area contributed by atoms with Gasteiger partial charge in [0, 0.05) is 12.1 Å². The molecule has 1 rings (SSSR count).